The fourth-order valence-electron chi connectivity index (χ4n) is 2.04. The van der Waals surface area contributed by atoms with E-state index in [2.05, 4.69) is 31.8 Å². The molecule has 2 aromatic rings. The average Bonchev–Trinajstić information content (AvgIpc) is 2.61. The number of carbonyl (C=O) groups excluding carboxylic acids is 1. The van der Waals surface area contributed by atoms with E-state index in [1.54, 1.807) is 13.3 Å². The predicted octanol–water partition coefficient (Wildman–Crippen LogP) is 3.80. The molecule has 2 rings (SSSR count). The largest absolute Gasteiger partial charge is 0.497 e. The molecule has 0 aromatic heterocycles. The van der Waals surface area contributed by atoms with E-state index in [9.17, 15) is 4.79 Å². The molecule has 0 aliphatic carbocycles. The maximum absolute atomic E-state index is 12.2. The van der Waals surface area contributed by atoms with Gasteiger partial charge in [-0.25, -0.2) is 5.43 Å². The van der Waals surface area contributed by atoms with E-state index in [0.29, 0.717) is 6.42 Å². The number of hydrazone groups is 1. The van der Waals surface area contributed by atoms with Crippen LogP contribution in [0.3, 0.4) is 0 Å². The highest BCUT2D eigenvalue weighted by Gasteiger charge is 2.15. The first-order valence-corrected chi connectivity index (χ1v) is 8.40. The van der Waals surface area contributed by atoms with Gasteiger partial charge in [0.2, 0.25) is 0 Å². The number of methoxy groups -OCH3 is 1. The molecule has 0 radical (unpaired) electrons. The van der Waals surface area contributed by atoms with Crippen molar-refractivity contribution in [2.24, 2.45) is 5.10 Å². The normalized spacial score (nSPS) is 12.0. The molecule has 0 aliphatic rings. The number of amides is 1. The number of hydrogen-bond donors (Lipinski definition) is 2. The van der Waals surface area contributed by atoms with Crippen molar-refractivity contribution in [3.63, 3.8) is 0 Å². The molecule has 24 heavy (non-hydrogen) atoms. The van der Waals surface area contributed by atoms with Gasteiger partial charge in [0.25, 0.3) is 5.91 Å². The van der Waals surface area contributed by atoms with E-state index in [0.717, 1.165) is 21.5 Å². The second kappa shape index (κ2) is 9.08. The molecule has 0 saturated heterocycles. The molecule has 1 amide bonds. The Kier molecular flexibility index (Phi) is 6.81. The van der Waals surface area contributed by atoms with Crippen LogP contribution in [0.4, 0.5) is 5.69 Å². The molecule has 6 heteroatoms. The number of benzene rings is 2. The third-order valence-electron chi connectivity index (χ3n) is 3.41. The quantitative estimate of drug-likeness (QED) is 0.559. The molecule has 2 aromatic carbocycles. The minimum Gasteiger partial charge on any atom is -0.497 e. The number of halogens is 1. The highest BCUT2D eigenvalue weighted by Crippen LogP contribution is 2.15. The summed E-state index contributed by atoms with van der Waals surface area (Å²) >= 11 is 3.39. The van der Waals surface area contributed by atoms with Crippen LogP contribution in [0, 0.1) is 0 Å². The highest BCUT2D eigenvalue weighted by atomic mass is 79.9. The number of carbonyl (C=O) groups is 1. The fourth-order valence-corrected chi connectivity index (χ4v) is 2.30. The van der Waals surface area contributed by atoms with E-state index >= 15 is 0 Å². The number of anilines is 1. The Morgan fingerprint density at radius 2 is 1.88 bits per heavy atom. The number of hydrogen-bond acceptors (Lipinski definition) is 4. The van der Waals surface area contributed by atoms with Crippen molar-refractivity contribution in [3.8, 4) is 5.75 Å². The van der Waals surface area contributed by atoms with Gasteiger partial charge >= 0.3 is 0 Å². The van der Waals surface area contributed by atoms with E-state index in [-0.39, 0.29) is 11.9 Å². The summed E-state index contributed by atoms with van der Waals surface area (Å²) in [4.78, 5) is 12.2. The van der Waals surface area contributed by atoms with Crippen LogP contribution in [-0.4, -0.2) is 25.3 Å². The van der Waals surface area contributed by atoms with Crippen LogP contribution in [0.1, 0.15) is 18.9 Å². The summed E-state index contributed by atoms with van der Waals surface area (Å²) in [6, 6.07) is 14.8. The molecular formula is C18H20BrN3O2. The monoisotopic (exact) mass is 389 g/mol. The molecule has 1 unspecified atom stereocenters. The molecule has 2 N–H and O–H groups in total. The molecule has 0 aliphatic heterocycles. The van der Waals surface area contributed by atoms with Crippen LogP contribution in [0.15, 0.2) is 58.1 Å². The first-order valence-electron chi connectivity index (χ1n) is 7.61. The molecular weight excluding hydrogens is 370 g/mol. The summed E-state index contributed by atoms with van der Waals surface area (Å²) in [6.45, 7) is 1.95. The van der Waals surface area contributed by atoms with Crippen molar-refractivity contribution in [2.45, 2.75) is 19.4 Å². The van der Waals surface area contributed by atoms with Crippen molar-refractivity contribution < 1.29 is 9.53 Å². The van der Waals surface area contributed by atoms with Crippen LogP contribution in [0.2, 0.25) is 0 Å². The Morgan fingerprint density at radius 3 is 2.46 bits per heavy atom. The zero-order valence-corrected chi connectivity index (χ0v) is 15.2. The lowest BCUT2D eigenvalue weighted by atomic mass is 10.2. The van der Waals surface area contributed by atoms with Gasteiger partial charge < -0.3 is 10.1 Å². The smallest absolute Gasteiger partial charge is 0.262 e. The Labute approximate surface area is 150 Å². The van der Waals surface area contributed by atoms with Crippen molar-refractivity contribution in [1.29, 1.82) is 0 Å². The molecule has 0 fully saturated rings. The summed E-state index contributed by atoms with van der Waals surface area (Å²) in [7, 11) is 1.62. The van der Waals surface area contributed by atoms with Crippen molar-refractivity contribution in [3.05, 3.63) is 58.6 Å². The molecule has 5 nitrogen and oxygen atoms in total. The molecule has 0 saturated carbocycles. The standard InChI is InChI=1S/C18H20BrN3O2/c1-3-17(21-15-8-6-14(19)7-9-15)18(23)22-20-12-13-4-10-16(24-2)11-5-13/h4-12,17,21H,3H2,1-2H3,(H,22,23)/b20-12+. The van der Waals surface area contributed by atoms with Crippen LogP contribution in [0.25, 0.3) is 0 Å². The van der Waals surface area contributed by atoms with Gasteiger partial charge in [0.1, 0.15) is 11.8 Å². The maximum Gasteiger partial charge on any atom is 0.262 e. The summed E-state index contributed by atoms with van der Waals surface area (Å²) in [6.07, 6.45) is 2.25. The lowest BCUT2D eigenvalue weighted by Gasteiger charge is -2.16. The van der Waals surface area contributed by atoms with Crippen molar-refractivity contribution >= 4 is 33.7 Å². The lowest BCUT2D eigenvalue weighted by Crippen LogP contribution is -2.36. The number of rotatable bonds is 7. The van der Waals surface area contributed by atoms with E-state index in [1.165, 1.54) is 0 Å². The van der Waals surface area contributed by atoms with Crippen LogP contribution in [-0.2, 0) is 4.79 Å². The third-order valence-corrected chi connectivity index (χ3v) is 3.94. The predicted molar refractivity (Wildman–Crippen MR) is 101 cm³/mol. The lowest BCUT2D eigenvalue weighted by molar-refractivity contribution is -0.121. The Bertz CT molecular complexity index is 684. The van der Waals surface area contributed by atoms with Crippen LogP contribution >= 0.6 is 15.9 Å². The minimum atomic E-state index is -0.348. The summed E-state index contributed by atoms with van der Waals surface area (Å²) in [5, 5.41) is 7.20. The number of nitrogens with one attached hydrogen (secondary N) is 2. The van der Waals surface area contributed by atoms with Crippen LogP contribution < -0.4 is 15.5 Å². The third kappa shape index (κ3) is 5.38. The summed E-state index contributed by atoms with van der Waals surface area (Å²) in [5.74, 6) is 0.603. The van der Waals surface area contributed by atoms with Gasteiger partial charge in [-0.05, 0) is 60.5 Å². The number of ether oxygens (including phenoxy) is 1. The van der Waals surface area contributed by atoms with Gasteiger partial charge in [0, 0.05) is 10.2 Å². The summed E-state index contributed by atoms with van der Waals surface area (Å²) < 4.78 is 6.09. The van der Waals surface area contributed by atoms with Crippen molar-refractivity contribution in [2.75, 3.05) is 12.4 Å². The Balaban J connectivity index is 1.90. The fraction of sp³-hybridized carbons (Fsp3) is 0.222. The Hall–Kier alpha value is -2.34. The molecule has 0 bridgehead atoms. The minimum absolute atomic E-state index is 0.176. The summed E-state index contributed by atoms with van der Waals surface area (Å²) in [5.41, 5.74) is 4.34. The van der Waals surface area contributed by atoms with Gasteiger partial charge in [0.05, 0.1) is 13.3 Å². The zero-order valence-electron chi connectivity index (χ0n) is 13.6. The van der Waals surface area contributed by atoms with Gasteiger partial charge in [-0.1, -0.05) is 22.9 Å². The molecule has 1 atom stereocenters. The van der Waals surface area contributed by atoms with Crippen molar-refractivity contribution in [1.82, 2.24) is 5.43 Å². The Morgan fingerprint density at radius 1 is 1.21 bits per heavy atom. The zero-order chi connectivity index (χ0) is 17.4. The van der Waals surface area contributed by atoms with Gasteiger partial charge in [-0.3, -0.25) is 4.79 Å². The van der Waals surface area contributed by atoms with Gasteiger partial charge in [-0.2, -0.15) is 5.10 Å². The molecule has 126 valence electrons. The number of nitrogens with zero attached hydrogens (tertiary/aromatic N) is 1. The average molecular weight is 390 g/mol. The van der Waals surface area contributed by atoms with Gasteiger partial charge in [-0.15, -0.1) is 0 Å². The molecule has 0 heterocycles. The maximum atomic E-state index is 12.2. The van der Waals surface area contributed by atoms with Crippen LogP contribution in [0.5, 0.6) is 5.75 Å². The molecule has 0 spiro atoms. The topological polar surface area (TPSA) is 62.7 Å². The second-order valence-corrected chi connectivity index (χ2v) is 6.04. The SMILES string of the molecule is CCC(Nc1ccc(Br)cc1)C(=O)N/N=C/c1ccc(OC)cc1. The first-order chi connectivity index (χ1) is 11.6. The van der Waals surface area contributed by atoms with E-state index in [4.69, 9.17) is 4.74 Å². The van der Waals surface area contributed by atoms with E-state index in [1.807, 2.05) is 55.5 Å². The first kappa shape index (κ1) is 18.0. The van der Waals surface area contributed by atoms with Gasteiger partial charge in [0.15, 0.2) is 0 Å². The van der Waals surface area contributed by atoms with E-state index < -0.39 is 0 Å². The second-order valence-electron chi connectivity index (χ2n) is 5.12. The highest BCUT2D eigenvalue weighted by molar-refractivity contribution is 9.10.